The van der Waals surface area contributed by atoms with E-state index in [2.05, 4.69) is 31.9 Å². The van der Waals surface area contributed by atoms with Crippen molar-refractivity contribution in [2.45, 2.75) is 4.90 Å². The molecular formula is C15H11Br2NO3S. The summed E-state index contributed by atoms with van der Waals surface area (Å²) >= 11 is 6.69. The summed E-state index contributed by atoms with van der Waals surface area (Å²) in [4.78, 5) is 0.206. The number of nitrogens with zero attached hydrogens (tertiary/aromatic N) is 1. The topological polar surface area (TPSA) is 48.3 Å². The highest BCUT2D eigenvalue weighted by atomic mass is 79.9. The molecule has 0 N–H and O–H groups in total. The van der Waals surface area contributed by atoms with Crippen molar-refractivity contribution in [3.8, 4) is 5.75 Å². The minimum atomic E-state index is -3.72. The second kappa shape index (κ2) is 5.72. The molecule has 0 bridgehead atoms. The van der Waals surface area contributed by atoms with Crippen LogP contribution in [0.4, 0.5) is 0 Å². The lowest BCUT2D eigenvalue weighted by Gasteiger charge is -2.09. The number of rotatable bonds is 3. The molecule has 0 aliphatic rings. The van der Waals surface area contributed by atoms with Crippen molar-refractivity contribution in [3.63, 3.8) is 0 Å². The fourth-order valence-corrected chi connectivity index (χ4v) is 4.95. The average Bonchev–Trinajstić information content (AvgIpc) is 2.86. The second-order valence-corrected chi connectivity index (χ2v) is 8.14. The van der Waals surface area contributed by atoms with Gasteiger partial charge in [-0.2, -0.15) is 0 Å². The van der Waals surface area contributed by atoms with Gasteiger partial charge in [0, 0.05) is 14.3 Å². The van der Waals surface area contributed by atoms with Gasteiger partial charge in [0.05, 0.1) is 18.8 Å². The van der Waals surface area contributed by atoms with Crippen molar-refractivity contribution in [2.75, 3.05) is 7.11 Å². The SMILES string of the molecule is COc1cn(S(=O)(=O)c2ccccc2Br)c2ccc(Br)cc12. The number of benzene rings is 2. The molecule has 2 aromatic carbocycles. The van der Waals surface area contributed by atoms with Gasteiger partial charge < -0.3 is 4.74 Å². The van der Waals surface area contributed by atoms with Crippen molar-refractivity contribution in [1.82, 2.24) is 3.97 Å². The van der Waals surface area contributed by atoms with E-state index >= 15 is 0 Å². The second-order valence-electron chi connectivity index (χ2n) is 4.59. The molecular weight excluding hydrogens is 434 g/mol. The highest BCUT2D eigenvalue weighted by molar-refractivity contribution is 9.10. The number of hydrogen-bond acceptors (Lipinski definition) is 3. The highest BCUT2D eigenvalue weighted by Crippen LogP contribution is 2.34. The Balaban J connectivity index is 2.33. The fourth-order valence-electron chi connectivity index (χ4n) is 2.26. The molecule has 0 aliphatic carbocycles. The van der Waals surface area contributed by atoms with E-state index in [0.29, 0.717) is 15.7 Å². The standard InChI is InChI=1S/C15H11Br2NO3S/c1-21-14-9-18(13-7-6-10(16)8-11(13)14)22(19,20)15-5-3-2-4-12(15)17/h2-9H,1H3. The van der Waals surface area contributed by atoms with Crippen LogP contribution in [0.2, 0.25) is 0 Å². The molecule has 1 heterocycles. The van der Waals surface area contributed by atoms with Crippen molar-refractivity contribution >= 4 is 52.8 Å². The summed E-state index contributed by atoms with van der Waals surface area (Å²) < 4.78 is 33.8. The van der Waals surface area contributed by atoms with Gasteiger partial charge in [-0.3, -0.25) is 0 Å². The maximum Gasteiger partial charge on any atom is 0.269 e. The van der Waals surface area contributed by atoms with Gasteiger partial charge in [-0.25, -0.2) is 12.4 Å². The Kier molecular flexibility index (Phi) is 4.05. The Hall–Kier alpha value is -1.31. The molecule has 0 saturated carbocycles. The van der Waals surface area contributed by atoms with Crippen LogP contribution in [-0.2, 0) is 10.0 Å². The lowest BCUT2D eigenvalue weighted by Crippen LogP contribution is -2.12. The van der Waals surface area contributed by atoms with Gasteiger partial charge >= 0.3 is 0 Å². The highest BCUT2D eigenvalue weighted by Gasteiger charge is 2.23. The van der Waals surface area contributed by atoms with E-state index in [0.717, 1.165) is 9.86 Å². The largest absolute Gasteiger partial charge is 0.494 e. The molecule has 22 heavy (non-hydrogen) atoms. The fraction of sp³-hybridized carbons (Fsp3) is 0.0667. The summed E-state index contributed by atoms with van der Waals surface area (Å²) in [5.74, 6) is 0.506. The van der Waals surface area contributed by atoms with Crippen molar-refractivity contribution in [3.05, 3.63) is 57.6 Å². The van der Waals surface area contributed by atoms with Crippen LogP contribution in [0.25, 0.3) is 10.9 Å². The van der Waals surface area contributed by atoms with Crippen LogP contribution in [-0.4, -0.2) is 19.5 Å². The molecule has 3 rings (SSSR count). The van der Waals surface area contributed by atoms with Crippen LogP contribution in [0.15, 0.2) is 62.5 Å². The molecule has 0 spiro atoms. The zero-order valence-electron chi connectivity index (χ0n) is 11.5. The first-order chi connectivity index (χ1) is 10.4. The maximum absolute atomic E-state index is 12.9. The number of methoxy groups -OCH3 is 1. The third-order valence-corrected chi connectivity index (χ3v) is 6.47. The third-order valence-electron chi connectivity index (χ3n) is 3.29. The van der Waals surface area contributed by atoms with Crippen LogP contribution < -0.4 is 4.74 Å². The van der Waals surface area contributed by atoms with Crippen molar-refractivity contribution in [2.24, 2.45) is 0 Å². The molecule has 1 aromatic heterocycles. The molecule has 0 amide bonds. The van der Waals surface area contributed by atoms with Crippen molar-refractivity contribution in [1.29, 1.82) is 0 Å². The summed E-state index contributed by atoms with van der Waals surface area (Å²) in [5, 5.41) is 0.729. The molecule has 0 saturated heterocycles. The van der Waals surface area contributed by atoms with Gasteiger partial charge in [0.1, 0.15) is 10.6 Å². The van der Waals surface area contributed by atoms with Crippen LogP contribution in [0, 0.1) is 0 Å². The van der Waals surface area contributed by atoms with E-state index in [-0.39, 0.29) is 4.90 Å². The molecule has 0 fully saturated rings. The number of aromatic nitrogens is 1. The minimum Gasteiger partial charge on any atom is -0.494 e. The molecule has 4 nitrogen and oxygen atoms in total. The van der Waals surface area contributed by atoms with E-state index in [4.69, 9.17) is 4.74 Å². The summed E-state index contributed by atoms with van der Waals surface area (Å²) in [5.41, 5.74) is 0.566. The maximum atomic E-state index is 12.9. The first kappa shape index (κ1) is 15.6. The summed E-state index contributed by atoms with van der Waals surface area (Å²) in [6.45, 7) is 0. The van der Waals surface area contributed by atoms with Gasteiger partial charge in [0.2, 0.25) is 0 Å². The first-order valence-electron chi connectivity index (χ1n) is 6.30. The van der Waals surface area contributed by atoms with Crippen LogP contribution in [0.1, 0.15) is 0 Å². The normalized spacial score (nSPS) is 11.8. The number of hydrogen-bond donors (Lipinski definition) is 0. The lowest BCUT2D eigenvalue weighted by molar-refractivity contribution is 0.419. The Bertz CT molecular complexity index is 964. The van der Waals surface area contributed by atoms with Gasteiger partial charge in [-0.05, 0) is 46.3 Å². The molecule has 0 radical (unpaired) electrons. The van der Waals surface area contributed by atoms with Crippen molar-refractivity contribution < 1.29 is 13.2 Å². The molecule has 3 aromatic rings. The Morgan fingerprint density at radius 2 is 1.82 bits per heavy atom. The van der Waals surface area contributed by atoms with E-state index < -0.39 is 10.0 Å². The quantitative estimate of drug-likeness (QED) is 0.601. The molecule has 0 unspecified atom stereocenters. The van der Waals surface area contributed by atoms with E-state index in [9.17, 15) is 8.42 Å². The van der Waals surface area contributed by atoms with Gasteiger partial charge in [-0.15, -0.1) is 0 Å². The monoisotopic (exact) mass is 443 g/mol. The first-order valence-corrected chi connectivity index (χ1v) is 9.32. The third kappa shape index (κ3) is 2.47. The zero-order valence-corrected chi connectivity index (χ0v) is 15.4. The summed E-state index contributed by atoms with van der Waals surface area (Å²) in [7, 11) is -2.20. The predicted molar refractivity (Wildman–Crippen MR) is 92.9 cm³/mol. The van der Waals surface area contributed by atoms with Crippen LogP contribution >= 0.6 is 31.9 Å². The summed E-state index contributed by atoms with van der Waals surface area (Å²) in [6, 6.07) is 12.1. The molecule has 0 atom stereocenters. The smallest absolute Gasteiger partial charge is 0.269 e. The van der Waals surface area contributed by atoms with E-state index in [1.54, 1.807) is 36.4 Å². The molecule has 7 heteroatoms. The number of halogens is 2. The Morgan fingerprint density at radius 1 is 1.09 bits per heavy atom. The predicted octanol–water partition coefficient (Wildman–Crippen LogP) is 4.41. The number of fused-ring (bicyclic) bond motifs is 1. The Labute approximate surface area is 145 Å². The van der Waals surface area contributed by atoms with E-state index in [1.165, 1.54) is 17.3 Å². The van der Waals surface area contributed by atoms with Gasteiger partial charge in [0.25, 0.3) is 10.0 Å². The lowest BCUT2D eigenvalue weighted by atomic mass is 10.2. The average molecular weight is 445 g/mol. The Morgan fingerprint density at radius 3 is 2.50 bits per heavy atom. The number of ether oxygens (including phenoxy) is 1. The van der Waals surface area contributed by atoms with Gasteiger partial charge in [0.15, 0.2) is 0 Å². The summed E-state index contributed by atoms with van der Waals surface area (Å²) in [6.07, 6.45) is 1.49. The molecule has 0 aliphatic heterocycles. The zero-order chi connectivity index (χ0) is 15.9. The van der Waals surface area contributed by atoms with Gasteiger partial charge in [-0.1, -0.05) is 28.1 Å². The van der Waals surface area contributed by atoms with E-state index in [1.807, 2.05) is 6.07 Å². The molecule has 114 valence electrons. The minimum absolute atomic E-state index is 0.206. The van der Waals surface area contributed by atoms with Crippen LogP contribution in [0.3, 0.4) is 0 Å². The van der Waals surface area contributed by atoms with Crippen LogP contribution in [0.5, 0.6) is 5.75 Å².